The number of rotatable bonds is 6. The van der Waals surface area contributed by atoms with E-state index in [1.54, 1.807) is 6.92 Å². The van der Waals surface area contributed by atoms with Gasteiger partial charge in [-0.25, -0.2) is 4.79 Å². The maximum Gasteiger partial charge on any atom is 0.349 e. The van der Waals surface area contributed by atoms with E-state index in [1.807, 2.05) is 36.4 Å². The molecule has 1 unspecified atom stereocenters. The first-order valence-electron chi connectivity index (χ1n) is 8.96. The molecular weight excluding hydrogens is 332 g/mol. The second kappa shape index (κ2) is 8.67. The third-order valence-corrected chi connectivity index (χ3v) is 4.49. The molecule has 1 aliphatic heterocycles. The van der Waals surface area contributed by atoms with E-state index in [9.17, 15) is 9.59 Å². The first-order valence-corrected chi connectivity index (χ1v) is 8.96. The van der Waals surface area contributed by atoms with Gasteiger partial charge in [-0.1, -0.05) is 18.2 Å². The Morgan fingerprint density at radius 1 is 1.35 bits per heavy atom. The number of nitrogens with one attached hydrogen (secondary N) is 2. The van der Waals surface area contributed by atoms with Gasteiger partial charge in [-0.05, 0) is 50.1 Å². The number of para-hydroxylation sites is 1. The highest BCUT2D eigenvalue weighted by Gasteiger charge is 2.22. The quantitative estimate of drug-likeness (QED) is 0.776. The summed E-state index contributed by atoms with van der Waals surface area (Å²) in [5, 5.41) is 6.02. The summed E-state index contributed by atoms with van der Waals surface area (Å²) in [4.78, 5) is 24.7. The molecule has 2 N–H and O–H groups in total. The van der Waals surface area contributed by atoms with Crippen molar-refractivity contribution in [3.8, 4) is 5.75 Å². The summed E-state index contributed by atoms with van der Waals surface area (Å²) >= 11 is 0. The van der Waals surface area contributed by atoms with E-state index < -0.39 is 11.5 Å². The molecule has 0 bridgehead atoms. The van der Waals surface area contributed by atoms with E-state index in [2.05, 4.69) is 10.6 Å². The molecular formula is C20H24N2O4. The minimum absolute atomic E-state index is 0.0669. The summed E-state index contributed by atoms with van der Waals surface area (Å²) in [5.41, 5.74) is 0.132. The Bertz CT molecular complexity index is 795. The number of benzene rings is 1. The topological polar surface area (TPSA) is 80.6 Å². The lowest BCUT2D eigenvalue weighted by Gasteiger charge is -2.22. The summed E-state index contributed by atoms with van der Waals surface area (Å²) in [6, 6.07) is 11.2. The van der Waals surface area contributed by atoms with Crippen LogP contribution in [-0.4, -0.2) is 32.1 Å². The van der Waals surface area contributed by atoms with Crippen molar-refractivity contribution in [3.63, 3.8) is 0 Å². The van der Waals surface area contributed by atoms with Gasteiger partial charge in [0.15, 0.2) is 0 Å². The number of piperidine rings is 1. The molecule has 1 amide bonds. The van der Waals surface area contributed by atoms with Crippen LogP contribution in [0.1, 0.15) is 40.4 Å². The molecule has 6 nitrogen and oxygen atoms in total. The second-order valence-corrected chi connectivity index (χ2v) is 6.45. The molecule has 2 aromatic rings. The van der Waals surface area contributed by atoms with Gasteiger partial charge in [0.05, 0.1) is 6.54 Å². The molecule has 1 saturated heterocycles. The van der Waals surface area contributed by atoms with E-state index in [0.29, 0.717) is 24.5 Å². The molecule has 6 heteroatoms. The second-order valence-electron chi connectivity index (χ2n) is 6.45. The van der Waals surface area contributed by atoms with Gasteiger partial charge in [-0.15, -0.1) is 0 Å². The number of carbonyl (C=O) groups excluding carboxylic acids is 1. The van der Waals surface area contributed by atoms with Gasteiger partial charge in [-0.3, -0.25) is 4.79 Å². The summed E-state index contributed by atoms with van der Waals surface area (Å²) in [6.07, 6.45) is 2.04. The highest BCUT2D eigenvalue weighted by atomic mass is 16.5. The van der Waals surface area contributed by atoms with Crippen molar-refractivity contribution >= 4 is 5.91 Å². The molecule has 0 aliphatic carbocycles. The van der Waals surface area contributed by atoms with Crippen LogP contribution in [0.2, 0.25) is 0 Å². The standard InChI is InChI=1S/C20H24N2O4/c1-14-12-17(15-6-5-9-21-13-15)26-20(24)18(14)19(23)22-10-11-25-16-7-3-2-4-8-16/h2-4,7-8,12,15,21H,5-6,9-11,13H2,1H3,(H,22,23). The van der Waals surface area contributed by atoms with Crippen molar-refractivity contribution in [2.24, 2.45) is 0 Å². The third kappa shape index (κ3) is 4.52. The lowest BCUT2D eigenvalue weighted by atomic mass is 9.95. The molecule has 1 atom stereocenters. The largest absolute Gasteiger partial charge is 0.492 e. The van der Waals surface area contributed by atoms with Crippen molar-refractivity contribution in [2.75, 3.05) is 26.2 Å². The fraction of sp³-hybridized carbons (Fsp3) is 0.400. The van der Waals surface area contributed by atoms with Gasteiger partial charge in [-0.2, -0.15) is 0 Å². The molecule has 1 aliphatic rings. The first-order chi connectivity index (χ1) is 12.6. The number of hydrogen-bond acceptors (Lipinski definition) is 5. The Labute approximate surface area is 152 Å². The zero-order valence-corrected chi connectivity index (χ0v) is 14.9. The van der Waals surface area contributed by atoms with Crippen LogP contribution >= 0.6 is 0 Å². The fourth-order valence-electron chi connectivity index (χ4n) is 3.14. The van der Waals surface area contributed by atoms with E-state index in [4.69, 9.17) is 9.15 Å². The van der Waals surface area contributed by atoms with Crippen LogP contribution in [-0.2, 0) is 0 Å². The minimum Gasteiger partial charge on any atom is -0.492 e. The molecule has 0 spiro atoms. The first kappa shape index (κ1) is 18.2. The van der Waals surface area contributed by atoms with Crippen molar-refractivity contribution in [3.05, 3.63) is 63.7 Å². The Kier molecular flexibility index (Phi) is 6.07. The number of ether oxygens (including phenoxy) is 1. The predicted molar refractivity (Wildman–Crippen MR) is 98.8 cm³/mol. The van der Waals surface area contributed by atoms with Crippen molar-refractivity contribution < 1.29 is 13.9 Å². The van der Waals surface area contributed by atoms with Crippen LogP contribution < -0.4 is 21.0 Å². The Hall–Kier alpha value is -2.60. The van der Waals surface area contributed by atoms with Gasteiger partial charge < -0.3 is 19.8 Å². The SMILES string of the molecule is Cc1cc(C2CCCNC2)oc(=O)c1C(=O)NCCOc1ccccc1. The van der Waals surface area contributed by atoms with E-state index in [1.165, 1.54) is 0 Å². The monoisotopic (exact) mass is 356 g/mol. The molecule has 0 radical (unpaired) electrons. The third-order valence-electron chi connectivity index (χ3n) is 4.49. The molecule has 26 heavy (non-hydrogen) atoms. The molecule has 3 rings (SSSR count). The van der Waals surface area contributed by atoms with Crippen LogP contribution in [0.4, 0.5) is 0 Å². The molecule has 1 aromatic carbocycles. The van der Waals surface area contributed by atoms with Gasteiger partial charge in [0.2, 0.25) is 0 Å². The Morgan fingerprint density at radius 2 is 2.15 bits per heavy atom. The molecule has 138 valence electrons. The summed E-state index contributed by atoms with van der Waals surface area (Å²) in [7, 11) is 0. The lowest BCUT2D eigenvalue weighted by Crippen LogP contribution is -2.33. The van der Waals surface area contributed by atoms with Crippen molar-refractivity contribution in [2.45, 2.75) is 25.7 Å². The molecule has 1 fully saturated rings. The van der Waals surface area contributed by atoms with Crippen LogP contribution in [0.25, 0.3) is 0 Å². The number of carbonyl (C=O) groups is 1. The van der Waals surface area contributed by atoms with Gasteiger partial charge in [0, 0.05) is 12.5 Å². The smallest absolute Gasteiger partial charge is 0.349 e. The Morgan fingerprint density at radius 3 is 2.85 bits per heavy atom. The number of hydrogen-bond donors (Lipinski definition) is 2. The lowest BCUT2D eigenvalue weighted by molar-refractivity contribution is 0.0941. The van der Waals surface area contributed by atoms with Crippen LogP contribution in [0.5, 0.6) is 5.75 Å². The van der Waals surface area contributed by atoms with Gasteiger partial charge in [0.1, 0.15) is 23.7 Å². The van der Waals surface area contributed by atoms with Crippen LogP contribution in [0.3, 0.4) is 0 Å². The van der Waals surface area contributed by atoms with E-state index >= 15 is 0 Å². The van der Waals surface area contributed by atoms with E-state index in [-0.39, 0.29) is 11.5 Å². The van der Waals surface area contributed by atoms with E-state index in [0.717, 1.165) is 31.7 Å². The fourth-order valence-corrected chi connectivity index (χ4v) is 3.14. The zero-order chi connectivity index (χ0) is 18.4. The summed E-state index contributed by atoms with van der Waals surface area (Å²) in [6.45, 7) is 4.19. The summed E-state index contributed by atoms with van der Waals surface area (Å²) in [5.74, 6) is 1.15. The predicted octanol–water partition coefficient (Wildman–Crippen LogP) is 2.22. The highest BCUT2D eigenvalue weighted by molar-refractivity contribution is 5.95. The van der Waals surface area contributed by atoms with Crippen LogP contribution in [0.15, 0.2) is 45.6 Å². The maximum absolute atomic E-state index is 12.3. The Balaban J connectivity index is 1.59. The number of amides is 1. The average Bonchev–Trinajstić information content (AvgIpc) is 2.66. The zero-order valence-electron chi connectivity index (χ0n) is 14.9. The maximum atomic E-state index is 12.3. The number of aryl methyl sites for hydroxylation is 1. The van der Waals surface area contributed by atoms with Crippen molar-refractivity contribution in [1.29, 1.82) is 0 Å². The highest BCUT2D eigenvalue weighted by Crippen LogP contribution is 2.23. The minimum atomic E-state index is -0.577. The molecule has 2 heterocycles. The van der Waals surface area contributed by atoms with Gasteiger partial charge in [0.25, 0.3) is 5.91 Å². The van der Waals surface area contributed by atoms with Crippen LogP contribution in [0, 0.1) is 6.92 Å². The van der Waals surface area contributed by atoms with Crippen molar-refractivity contribution in [1.82, 2.24) is 10.6 Å². The molecule has 0 saturated carbocycles. The molecule has 1 aromatic heterocycles. The normalized spacial score (nSPS) is 16.9. The summed E-state index contributed by atoms with van der Waals surface area (Å²) < 4.78 is 11.0. The average molecular weight is 356 g/mol. The van der Waals surface area contributed by atoms with Gasteiger partial charge >= 0.3 is 5.63 Å².